The Balaban J connectivity index is 1.32. The topological polar surface area (TPSA) is 80.1 Å². The van der Waals surface area contributed by atoms with E-state index >= 15 is 0 Å². The fourth-order valence-corrected chi connectivity index (χ4v) is 8.00. The summed E-state index contributed by atoms with van der Waals surface area (Å²) in [5, 5.41) is 1.94. The first-order valence-electron chi connectivity index (χ1n) is 14.5. The molecule has 2 aromatic heterocycles. The number of ether oxygens (including phenoxy) is 2. The van der Waals surface area contributed by atoms with E-state index in [0.717, 1.165) is 47.7 Å². The number of rotatable bonds is 9. The second kappa shape index (κ2) is 11.5. The summed E-state index contributed by atoms with van der Waals surface area (Å²) >= 11 is 0. The Morgan fingerprint density at radius 3 is 2.37 bits per heavy atom. The highest BCUT2D eigenvalue weighted by atomic mass is 32.2. The van der Waals surface area contributed by atoms with Crippen LogP contribution in [0.1, 0.15) is 25.7 Å². The van der Waals surface area contributed by atoms with E-state index in [1.807, 2.05) is 31.3 Å². The number of anilines is 1. The minimum absolute atomic E-state index is 0.215. The fraction of sp³-hybridized carbons (Fsp3) is 0.452. The molecule has 2 saturated heterocycles. The smallest absolute Gasteiger partial charge is 0.264 e. The molecular formula is C31H39N5O4S. The average Bonchev–Trinajstić information content (AvgIpc) is 3.65. The average molecular weight is 578 g/mol. The number of para-hydroxylation sites is 1. The molecule has 0 bridgehead atoms. The van der Waals surface area contributed by atoms with Crippen molar-refractivity contribution < 1.29 is 17.9 Å². The SMILES string of the molecule is COc1ccc(N(CCN2CCC(N3CCCC3)CC2)S(=O)(=O)c2ccc3c(c2)c2ccccc2n3C)c(OC)n1. The third-order valence-corrected chi connectivity index (χ3v) is 10.6. The molecule has 218 valence electrons. The van der Waals surface area contributed by atoms with Gasteiger partial charge in [0.25, 0.3) is 10.0 Å². The van der Waals surface area contributed by atoms with Crippen LogP contribution >= 0.6 is 0 Å². The van der Waals surface area contributed by atoms with Crippen LogP contribution < -0.4 is 13.8 Å². The molecule has 2 aliphatic rings. The van der Waals surface area contributed by atoms with Crippen molar-refractivity contribution in [1.29, 1.82) is 0 Å². The fourth-order valence-electron chi connectivity index (χ4n) is 6.52. The quantitative estimate of drug-likeness (QED) is 0.290. The lowest BCUT2D eigenvalue weighted by molar-refractivity contribution is 0.129. The molecule has 2 aliphatic heterocycles. The van der Waals surface area contributed by atoms with Crippen LogP contribution in [0.5, 0.6) is 11.8 Å². The Kier molecular flexibility index (Phi) is 7.80. The van der Waals surface area contributed by atoms with Crippen molar-refractivity contribution in [2.24, 2.45) is 7.05 Å². The largest absolute Gasteiger partial charge is 0.481 e. The number of piperidine rings is 1. The van der Waals surface area contributed by atoms with Gasteiger partial charge in [-0.2, -0.15) is 4.98 Å². The van der Waals surface area contributed by atoms with Gasteiger partial charge in [0, 0.05) is 54.1 Å². The monoisotopic (exact) mass is 577 g/mol. The van der Waals surface area contributed by atoms with Crippen LogP contribution in [0.25, 0.3) is 21.8 Å². The van der Waals surface area contributed by atoms with Gasteiger partial charge in [-0.05, 0) is 82.2 Å². The van der Waals surface area contributed by atoms with Gasteiger partial charge in [0.1, 0.15) is 5.69 Å². The molecule has 41 heavy (non-hydrogen) atoms. The molecule has 0 N–H and O–H groups in total. The number of fused-ring (bicyclic) bond motifs is 3. The summed E-state index contributed by atoms with van der Waals surface area (Å²) < 4.78 is 43.3. The summed E-state index contributed by atoms with van der Waals surface area (Å²) in [6.45, 7) is 5.26. The first kappa shape index (κ1) is 27.8. The highest BCUT2D eigenvalue weighted by molar-refractivity contribution is 7.92. The van der Waals surface area contributed by atoms with Gasteiger partial charge in [0.05, 0.1) is 19.1 Å². The summed E-state index contributed by atoms with van der Waals surface area (Å²) in [5.41, 5.74) is 2.45. The summed E-state index contributed by atoms with van der Waals surface area (Å²) in [5.74, 6) is 0.580. The normalized spacial score (nSPS) is 17.4. The minimum atomic E-state index is -3.95. The molecule has 9 nitrogen and oxygen atoms in total. The molecule has 2 aromatic carbocycles. The van der Waals surface area contributed by atoms with Crippen LogP contribution in [-0.4, -0.2) is 87.3 Å². The Labute approximate surface area is 242 Å². The Morgan fingerprint density at radius 2 is 1.63 bits per heavy atom. The zero-order valence-corrected chi connectivity index (χ0v) is 24.9. The summed E-state index contributed by atoms with van der Waals surface area (Å²) in [4.78, 5) is 9.66. The van der Waals surface area contributed by atoms with Crippen molar-refractivity contribution in [1.82, 2.24) is 19.4 Å². The van der Waals surface area contributed by atoms with Gasteiger partial charge in [-0.3, -0.25) is 4.31 Å². The molecule has 4 heterocycles. The maximum absolute atomic E-state index is 14.4. The molecular weight excluding hydrogens is 538 g/mol. The second-order valence-electron chi connectivity index (χ2n) is 11.0. The van der Waals surface area contributed by atoms with Crippen molar-refractivity contribution in [2.75, 3.05) is 57.8 Å². The minimum Gasteiger partial charge on any atom is -0.481 e. The molecule has 0 unspecified atom stereocenters. The van der Waals surface area contributed by atoms with Crippen LogP contribution in [0.2, 0.25) is 0 Å². The highest BCUT2D eigenvalue weighted by Crippen LogP contribution is 2.35. The Hall–Kier alpha value is -3.34. The Bertz CT molecular complexity index is 1640. The molecule has 0 aliphatic carbocycles. The van der Waals surface area contributed by atoms with Crippen LogP contribution in [-0.2, 0) is 17.1 Å². The van der Waals surface area contributed by atoms with Crippen LogP contribution in [0.4, 0.5) is 5.69 Å². The van der Waals surface area contributed by atoms with E-state index in [0.29, 0.717) is 24.2 Å². The van der Waals surface area contributed by atoms with E-state index in [9.17, 15) is 8.42 Å². The third-order valence-electron chi connectivity index (χ3n) is 8.79. The van der Waals surface area contributed by atoms with Gasteiger partial charge in [0.2, 0.25) is 11.8 Å². The molecule has 6 rings (SSSR count). The van der Waals surface area contributed by atoms with E-state index in [1.165, 1.54) is 44.5 Å². The second-order valence-corrected chi connectivity index (χ2v) is 12.9. The molecule has 0 atom stereocenters. The number of methoxy groups -OCH3 is 2. The van der Waals surface area contributed by atoms with Crippen LogP contribution in [0.15, 0.2) is 59.5 Å². The number of aryl methyl sites for hydroxylation is 1. The molecule has 0 saturated carbocycles. The molecule has 0 spiro atoms. The van der Waals surface area contributed by atoms with Crippen molar-refractivity contribution in [3.05, 3.63) is 54.6 Å². The predicted octanol–water partition coefficient (Wildman–Crippen LogP) is 4.50. The predicted molar refractivity (Wildman–Crippen MR) is 163 cm³/mol. The molecule has 0 amide bonds. The number of hydrogen-bond acceptors (Lipinski definition) is 7. The first-order valence-corrected chi connectivity index (χ1v) is 15.9. The van der Waals surface area contributed by atoms with Gasteiger partial charge in [-0.15, -0.1) is 0 Å². The lowest BCUT2D eigenvalue weighted by atomic mass is 10.0. The maximum Gasteiger partial charge on any atom is 0.264 e. The lowest BCUT2D eigenvalue weighted by Gasteiger charge is -2.37. The third kappa shape index (κ3) is 5.24. The Morgan fingerprint density at radius 1 is 0.902 bits per heavy atom. The van der Waals surface area contributed by atoms with Crippen molar-refractivity contribution in [3.63, 3.8) is 0 Å². The summed E-state index contributed by atoms with van der Waals surface area (Å²) in [6, 6.07) is 17.5. The molecule has 0 radical (unpaired) electrons. The molecule has 2 fully saturated rings. The standard InChI is InChI=1S/C31H39N5O4S/c1-33-27-9-5-4-8-25(27)26-22-24(10-11-28(26)33)41(37,38)36(29-12-13-30(39-2)32-31(29)40-3)21-20-34-18-14-23(15-19-34)35-16-6-7-17-35/h4-5,8-13,22-23H,6-7,14-21H2,1-3H3. The first-order chi connectivity index (χ1) is 19.9. The number of likely N-dealkylation sites (tertiary alicyclic amines) is 2. The van der Waals surface area contributed by atoms with Gasteiger partial charge >= 0.3 is 0 Å². The van der Waals surface area contributed by atoms with Crippen molar-refractivity contribution >= 4 is 37.5 Å². The van der Waals surface area contributed by atoms with E-state index < -0.39 is 10.0 Å². The maximum atomic E-state index is 14.4. The summed E-state index contributed by atoms with van der Waals surface area (Å²) in [7, 11) is 1.08. The van der Waals surface area contributed by atoms with Crippen molar-refractivity contribution in [2.45, 2.75) is 36.6 Å². The molecule has 4 aromatic rings. The van der Waals surface area contributed by atoms with Crippen LogP contribution in [0, 0.1) is 0 Å². The number of nitrogens with zero attached hydrogens (tertiary/aromatic N) is 5. The van der Waals surface area contributed by atoms with Gasteiger partial charge in [0.15, 0.2) is 0 Å². The van der Waals surface area contributed by atoms with E-state index in [4.69, 9.17) is 9.47 Å². The zero-order chi connectivity index (χ0) is 28.6. The number of benzene rings is 2. The van der Waals surface area contributed by atoms with Gasteiger partial charge in [-0.1, -0.05) is 18.2 Å². The summed E-state index contributed by atoms with van der Waals surface area (Å²) in [6.07, 6.45) is 4.85. The van der Waals surface area contributed by atoms with E-state index in [-0.39, 0.29) is 17.3 Å². The van der Waals surface area contributed by atoms with Crippen molar-refractivity contribution in [3.8, 4) is 11.8 Å². The van der Waals surface area contributed by atoms with Gasteiger partial charge in [-0.25, -0.2) is 8.42 Å². The van der Waals surface area contributed by atoms with E-state index in [1.54, 1.807) is 24.3 Å². The van der Waals surface area contributed by atoms with Crippen LogP contribution in [0.3, 0.4) is 0 Å². The highest BCUT2D eigenvalue weighted by Gasteiger charge is 2.31. The number of pyridine rings is 1. The number of aromatic nitrogens is 2. The van der Waals surface area contributed by atoms with E-state index in [2.05, 4.69) is 25.4 Å². The lowest BCUT2D eigenvalue weighted by Crippen LogP contribution is -2.46. The molecule has 10 heteroatoms. The number of hydrogen-bond donors (Lipinski definition) is 0. The van der Waals surface area contributed by atoms with Gasteiger partial charge < -0.3 is 23.8 Å². The zero-order valence-electron chi connectivity index (χ0n) is 24.1. The number of sulfonamides is 1.